The van der Waals surface area contributed by atoms with Crippen LogP contribution in [0.5, 0.6) is 0 Å². The molecule has 0 spiro atoms. The highest BCUT2D eigenvalue weighted by atomic mass is 32.2. The molecule has 0 radical (unpaired) electrons. The number of rotatable bonds is 8. The number of thioether (sulfide) groups is 1. The topological polar surface area (TPSA) is 86.5 Å². The van der Waals surface area contributed by atoms with Gasteiger partial charge in [0.25, 0.3) is 0 Å². The second-order valence-corrected chi connectivity index (χ2v) is 5.19. The molecule has 124 valence electrons. The van der Waals surface area contributed by atoms with Crippen molar-refractivity contribution in [1.82, 2.24) is 9.97 Å². The molecule has 0 fully saturated rings. The first-order valence-corrected chi connectivity index (χ1v) is 8.33. The molecule has 0 atom stereocenters. The van der Waals surface area contributed by atoms with Crippen molar-refractivity contribution in [3.63, 3.8) is 0 Å². The van der Waals surface area contributed by atoms with Crippen LogP contribution in [0.15, 0.2) is 27.8 Å². The van der Waals surface area contributed by atoms with Gasteiger partial charge in [-0.1, -0.05) is 0 Å². The number of hydrogen-bond acceptors (Lipinski definition) is 8. The Hall–Kier alpha value is -2.06. The zero-order chi connectivity index (χ0) is 16.7. The van der Waals surface area contributed by atoms with Crippen LogP contribution in [-0.4, -0.2) is 49.1 Å². The lowest BCUT2D eigenvalue weighted by Crippen LogP contribution is -2.15. The van der Waals surface area contributed by atoms with E-state index in [0.717, 1.165) is 0 Å². The molecule has 2 aromatic rings. The standard InChI is InChI=1S/C15H19N3O4S/c1-4-21-14(19)11-12(10-6-5-8-22-10)17-15(16-7-9-20-2)18-13(11)23-3/h5-6,8H,4,7,9H2,1-3H3,(H,16,17,18). The molecule has 23 heavy (non-hydrogen) atoms. The maximum atomic E-state index is 12.3. The Kier molecular flexibility index (Phi) is 6.42. The van der Waals surface area contributed by atoms with E-state index in [1.54, 1.807) is 26.2 Å². The van der Waals surface area contributed by atoms with E-state index in [1.165, 1.54) is 18.0 Å². The summed E-state index contributed by atoms with van der Waals surface area (Å²) in [5.41, 5.74) is 0.722. The van der Waals surface area contributed by atoms with Crippen molar-refractivity contribution >= 4 is 23.7 Å². The average Bonchev–Trinajstić information content (AvgIpc) is 3.08. The van der Waals surface area contributed by atoms with Crippen molar-refractivity contribution in [2.45, 2.75) is 11.9 Å². The van der Waals surface area contributed by atoms with Crippen LogP contribution in [0.2, 0.25) is 0 Å². The summed E-state index contributed by atoms with van der Waals surface area (Å²) in [6.45, 7) is 3.11. The maximum absolute atomic E-state index is 12.3. The lowest BCUT2D eigenvalue weighted by Gasteiger charge is -2.12. The van der Waals surface area contributed by atoms with Crippen molar-refractivity contribution in [3.05, 3.63) is 24.0 Å². The molecule has 0 unspecified atom stereocenters. The van der Waals surface area contributed by atoms with Crippen molar-refractivity contribution in [2.75, 3.05) is 38.4 Å². The molecular formula is C15H19N3O4S. The zero-order valence-electron chi connectivity index (χ0n) is 13.3. The average molecular weight is 337 g/mol. The minimum Gasteiger partial charge on any atom is -0.463 e. The third kappa shape index (κ3) is 4.23. The largest absolute Gasteiger partial charge is 0.463 e. The molecule has 0 amide bonds. The number of carbonyl (C=O) groups excluding carboxylic acids is 1. The summed E-state index contributed by atoms with van der Waals surface area (Å²) in [6.07, 6.45) is 3.37. The normalized spacial score (nSPS) is 10.6. The molecule has 0 aliphatic rings. The fourth-order valence-electron chi connectivity index (χ4n) is 1.91. The van der Waals surface area contributed by atoms with E-state index in [1.807, 2.05) is 6.26 Å². The smallest absolute Gasteiger partial charge is 0.343 e. The van der Waals surface area contributed by atoms with Gasteiger partial charge in [-0.3, -0.25) is 0 Å². The Bertz CT molecular complexity index is 646. The summed E-state index contributed by atoms with van der Waals surface area (Å²) in [6, 6.07) is 3.48. The third-order valence-electron chi connectivity index (χ3n) is 2.89. The molecule has 0 aliphatic heterocycles. The summed E-state index contributed by atoms with van der Waals surface area (Å²) in [5, 5.41) is 3.60. The minimum absolute atomic E-state index is 0.276. The van der Waals surface area contributed by atoms with E-state index >= 15 is 0 Å². The summed E-state index contributed by atoms with van der Waals surface area (Å²) in [4.78, 5) is 21.1. The second kappa shape index (κ2) is 8.54. The fourth-order valence-corrected chi connectivity index (χ4v) is 2.47. The van der Waals surface area contributed by atoms with Gasteiger partial charge >= 0.3 is 5.97 Å². The van der Waals surface area contributed by atoms with E-state index in [-0.39, 0.29) is 6.61 Å². The Labute approximate surface area is 138 Å². The molecule has 0 saturated heterocycles. The van der Waals surface area contributed by atoms with Gasteiger partial charge in [-0.15, -0.1) is 11.8 Å². The van der Waals surface area contributed by atoms with Crippen LogP contribution in [0, 0.1) is 0 Å². The van der Waals surface area contributed by atoms with Crippen LogP contribution in [0.3, 0.4) is 0 Å². The Balaban J connectivity index is 2.48. The number of nitrogens with one attached hydrogen (secondary N) is 1. The van der Waals surface area contributed by atoms with Crippen LogP contribution < -0.4 is 5.32 Å². The summed E-state index contributed by atoms with van der Waals surface area (Å²) < 4.78 is 15.5. The first-order chi connectivity index (χ1) is 11.2. The van der Waals surface area contributed by atoms with E-state index in [0.29, 0.717) is 41.1 Å². The van der Waals surface area contributed by atoms with Crippen LogP contribution in [0.25, 0.3) is 11.5 Å². The monoisotopic (exact) mass is 337 g/mol. The van der Waals surface area contributed by atoms with Gasteiger partial charge in [-0.25, -0.2) is 14.8 Å². The molecular weight excluding hydrogens is 318 g/mol. The molecule has 7 nitrogen and oxygen atoms in total. The quantitative estimate of drug-likeness (QED) is 0.340. The molecule has 0 saturated carbocycles. The summed E-state index contributed by atoms with van der Waals surface area (Å²) in [7, 11) is 1.62. The molecule has 8 heteroatoms. The lowest BCUT2D eigenvalue weighted by atomic mass is 10.2. The number of anilines is 1. The second-order valence-electron chi connectivity index (χ2n) is 4.40. The van der Waals surface area contributed by atoms with Crippen LogP contribution >= 0.6 is 11.8 Å². The van der Waals surface area contributed by atoms with Gasteiger partial charge in [0.2, 0.25) is 5.95 Å². The Morgan fingerprint density at radius 3 is 2.87 bits per heavy atom. The number of hydrogen-bond donors (Lipinski definition) is 1. The predicted molar refractivity (Wildman–Crippen MR) is 87.8 cm³/mol. The van der Waals surface area contributed by atoms with Gasteiger partial charge in [0.05, 0.1) is 19.5 Å². The van der Waals surface area contributed by atoms with Crippen LogP contribution in [0.4, 0.5) is 5.95 Å². The molecule has 0 aromatic carbocycles. The molecule has 0 bridgehead atoms. The molecule has 2 aromatic heterocycles. The van der Waals surface area contributed by atoms with E-state index in [2.05, 4.69) is 15.3 Å². The SMILES string of the molecule is CCOC(=O)c1c(SC)nc(NCCOC)nc1-c1ccco1. The first kappa shape index (κ1) is 17.3. The molecule has 0 aliphatic carbocycles. The molecule has 1 N–H and O–H groups in total. The van der Waals surface area contributed by atoms with Crippen molar-refractivity contribution in [3.8, 4) is 11.5 Å². The Morgan fingerprint density at radius 1 is 1.43 bits per heavy atom. The number of carbonyl (C=O) groups is 1. The fraction of sp³-hybridized carbons (Fsp3) is 0.400. The van der Waals surface area contributed by atoms with Gasteiger partial charge in [-0.05, 0) is 25.3 Å². The summed E-state index contributed by atoms with van der Waals surface area (Å²) >= 11 is 1.35. The highest BCUT2D eigenvalue weighted by Crippen LogP contribution is 2.30. The van der Waals surface area contributed by atoms with Crippen molar-refractivity contribution < 1.29 is 18.7 Å². The molecule has 2 rings (SSSR count). The van der Waals surface area contributed by atoms with Gasteiger partial charge < -0.3 is 19.2 Å². The van der Waals surface area contributed by atoms with Crippen molar-refractivity contribution in [1.29, 1.82) is 0 Å². The third-order valence-corrected chi connectivity index (χ3v) is 3.57. The van der Waals surface area contributed by atoms with Gasteiger partial charge in [0.15, 0.2) is 5.76 Å². The minimum atomic E-state index is -0.466. The maximum Gasteiger partial charge on any atom is 0.343 e. The first-order valence-electron chi connectivity index (χ1n) is 7.11. The number of esters is 1. The molecule has 2 heterocycles. The summed E-state index contributed by atoms with van der Waals surface area (Å²) in [5.74, 6) is 0.429. The highest BCUT2D eigenvalue weighted by molar-refractivity contribution is 7.98. The number of ether oxygens (including phenoxy) is 2. The predicted octanol–water partition coefficient (Wildman–Crippen LogP) is 2.69. The van der Waals surface area contributed by atoms with Gasteiger partial charge in [0, 0.05) is 13.7 Å². The highest BCUT2D eigenvalue weighted by Gasteiger charge is 2.24. The van der Waals surface area contributed by atoms with Crippen LogP contribution in [0.1, 0.15) is 17.3 Å². The van der Waals surface area contributed by atoms with E-state index in [4.69, 9.17) is 13.9 Å². The number of aromatic nitrogens is 2. The lowest BCUT2D eigenvalue weighted by molar-refractivity contribution is 0.0521. The van der Waals surface area contributed by atoms with Gasteiger partial charge in [0.1, 0.15) is 16.3 Å². The Morgan fingerprint density at radius 2 is 2.26 bits per heavy atom. The van der Waals surface area contributed by atoms with Crippen molar-refractivity contribution in [2.24, 2.45) is 0 Å². The van der Waals surface area contributed by atoms with Gasteiger partial charge in [-0.2, -0.15) is 0 Å². The van der Waals surface area contributed by atoms with E-state index < -0.39 is 5.97 Å². The zero-order valence-corrected chi connectivity index (χ0v) is 14.1. The van der Waals surface area contributed by atoms with E-state index in [9.17, 15) is 4.79 Å². The van der Waals surface area contributed by atoms with Crippen LogP contribution in [-0.2, 0) is 9.47 Å². The number of furan rings is 1. The number of nitrogens with zero attached hydrogens (tertiary/aromatic N) is 2. The number of methoxy groups -OCH3 is 1.